The van der Waals surface area contributed by atoms with Crippen molar-refractivity contribution in [2.24, 2.45) is 50.7 Å². The van der Waals surface area contributed by atoms with Crippen molar-refractivity contribution in [3.63, 3.8) is 0 Å². The highest BCUT2D eigenvalue weighted by Gasteiger charge is 2.82. The van der Waals surface area contributed by atoms with Gasteiger partial charge in [-0.15, -0.1) is 0 Å². The third kappa shape index (κ3) is 2.69. The Balaban J connectivity index is 1.39. The van der Waals surface area contributed by atoms with Crippen LogP contribution in [0.3, 0.4) is 0 Å². The molecule has 31 heavy (non-hydrogen) atoms. The minimum Gasteiger partial charge on any atom is -0.393 e. The zero-order valence-corrected chi connectivity index (χ0v) is 21.2. The quantitative estimate of drug-likeness (QED) is 0.503. The van der Waals surface area contributed by atoms with Crippen LogP contribution in [0.1, 0.15) is 119 Å². The number of hydrogen-bond acceptors (Lipinski definition) is 2. The lowest BCUT2D eigenvalue weighted by molar-refractivity contribution is -0.161. The molecule has 0 aromatic heterocycles. The summed E-state index contributed by atoms with van der Waals surface area (Å²) in [7, 11) is 0. The van der Waals surface area contributed by atoms with Crippen LogP contribution in [0.15, 0.2) is 0 Å². The number of hydrogen-bond donors (Lipinski definition) is 1. The molecule has 5 fully saturated rings. The fourth-order valence-corrected chi connectivity index (χ4v) is 11.2. The van der Waals surface area contributed by atoms with E-state index in [0.717, 1.165) is 42.9 Å². The van der Waals surface area contributed by atoms with Crippen LogP contribution in [0.4, 0.5) is 0 Å². The largest absolute Gasteiger partial charge is 0.393 e. The van der Waals surface area contributed by atoms with Gasteiger partial charge in [0.25, 0.3) is 0 Å². The molecule has 5 rings (SSSR count). The van der Waals surface area contributed by atoms with Crippen molar-refractivity contribution in [3.05, 3.63) is 0 Å². The van der Waals surface area contributed by atoms with Gasteiger partial charge in [-0.3, -0.25) is 0 Å². The van der Waals surface area contributed by atoms with Crippen molar-refractivity contribution in [2.45, 2.75) is 125 Å². The topological polar surface area (TPSA) is 37.3 Å². The lowest BCUT2D eigenvalue weighted by Crippen LogP contribution is -2.57. The maximum atomic E-state index is 11.5. The van der Waals surface area contributed by atoms with Crippen LogP contribution in [-0.2, 0) is 4.79 Å². The number of rotatable bonds is 5. The Kier molecular flexibility index (Phi) is 4.94. The molecule has 5 saturated carbocycles. The Labute approximate surface area is 191 Å². The van der Waals surface area contributed by atoms with Crippen LogP contribution in [0.5, 0.6) is 0 Å². The molecule has 176 valence electrons. The molecule has 2 nitrogen and oxygen atoms in total. The molecular weight excluding hydrogens is 380 g/mol. The van der Waals surface area contributed by atoms with Gasteiger partial charge in [-0.2, -0.15) is 0 Å². The van der Waals surface area contributed by atoms with Crippen LogP contribution in [0.2, 0.25) is 0 Å². The second kappa shape index (κ2) is 6.83. The first-order valence-corrected chi connectivity index (χ1v) is 13.6. The average Bonchev–Trinajstić information content (AvgIpc) is 3.27. The van der Waals surface area contributed by atoms with Crippen molar-refractivity contribution in [1.29, 1.82) is 0 Å². The number of carbonyl (C=O) groups is 1. The van der Waals surface area contributed by atoms with Crippen LogP contribution in [0.25, 0.3) is 0 Å². The van der Waals surface area contributed by atoms with Gasteiger partial charge in [0.2, 0.25) is 0 Å². The Hall–Kier alpha value is -0.370. The van der Waals surface area contributed by atoms with E-state index in [1.54, 1.807) is 6.92 Å². The van der Waals surface area contributed by atoms with E-state index in [9.17, 15) is 9.90 Å². The molecule has 0 heterocycles. The molecule has 5 aliphatic rings. The Morgan fingerprint density at radius 3 is 2.29 bits per heavy atom. The standard InChI is InChI=1S/C29H48O2/c1-19(8-7-9-20(2)30)21-12-14-27(6)23-11-10-22-25(3,4)24(31)13-15-28(22)18-29(23,28)17-16-26(21,27)5/h19,21-24,31H,7-18H2,1-6H3/t19-,21-,22-,23+,24+,26-,27+,28-,29+/m1/s1. The molecule has 0 unspecified atom stereocenters. The summed E-state index contributed by atoms with van der Waals surface area (Å²) in [6, 6.07) is 0. The summed E-state index contributed by atoms with van der Waals surface area (Å²) in [5, 5.41) is 10.8. The summed E-state index contributed by atoms with van der Waals surface area (Å²) in [5.74, 6) is 3.56. The molecule has 0 aromatic rings. The zero-order valence-electron chi connectivity index (χ0n) is 21.2. The van der Waals surface area contributed by atoms with E-state index in [0.29, 0.717) is 27.4 Å². The van der Waals surface area contributed by atoms with E-state index >= 15 is 0 Å². The summed E-state index contributed by atoms with van der Waals surface area (Å²) in [6.45, 7) is 14.4. The van der Waals surface area contributed by atoms with E-state index in [1.165, 1.54) is 57.8 Å². The lowest BCUT2D eigenvalue weighted by Gasteiger charge is -2.63. The number of Topliss-reactive ketones (excluding diaryl/α,β-unsaturated/α-hetero) is 1. The van der Waals surface area contributed by atoms with Crippen molar-refractivity contribution in [2.75, 3.05) is 0 Å². The first kappa shape index (κ1) is 22.4. The second-order valence-electron chi connectivity index (χ2n) is 14.1. The van der Waals surface area contributed by atoms with Crippen molar-refractivity contribution >= 4 is 5.78 Å². The lowest BCUT2D eigenvalue weighted by atomic mass is 9.41. The number of fused-ring (bicyclic) bond motifs is 2. The molecule has 2 heteroatoms. The highest BCUT2D eigenvalue weighted by Crippen LogP contribution is 2.89. The van der Waals surface area contributed by atoms with E-state index in [4.69, 9.17) is 0 Å². The second-order valence-corrected chi connectivity index (χ2v) is 14.1. The van der Waals surface area contributed by atoms with Gasteiger partial charge >= 0.3 is 0 Å². The number of aliphatic hydroxyl groups excluding tert-OH is 1. The van der Waals surface area contributed by atoms with Gasteiger partial charge in [0.15, 0.2) is 0 Å². The van der Waals surface area contributed by atoms with Crippen LogP contribution >= 0.6 is 0 Å². The van der Waals surface area contributed by atoms with Crippen molar-refractivity contribution in [1.82, 2.24) is 0 Å². The molecule has 0 aromatic carbocycles. The molecule has 0 saturated heterocycles. The zero-order chi connectivity index (χ0) is 22.4. The first-order valence-electron chi connectivity index (χ1n) is 13.6. The smallest absolute Gasteiger partial charge is 0.129 e. The molecule has 2 spiro atoms. The van der Waals surface area contributed by atoms with Gasteiger partial charge in [-0.05, 0) is 122 Å². The minimum absolute atomic E-state index is 0.0951. The number of carbonyl (C=O) groups excluding carboxylic acids is 1. The highest BCUT2D eigenvalue weighted by atomic mass is 16.3. The Morgan fingerprint density at radius 2 is 1.58 bits per heavy atom. The third-order valence-corrected chi connectivity index (χ3v) is 13.0. The summed E-state index contributed by atoms with van der Waals surface area (Å²) in [6.07, 6.45) is 15.2. The van der Waals surface area contributed by atoms with Gasteiger partial charge in [0.1, 0.15) is 5.78 Å². The maximum Gasteiger partial charge on any atom is 0.129 e. The molecule has 5 aliphatic carbocycles. The van der Waals surface area contributed by atoms with E-state index in [1.807, 2.05) is 0 Å². The summed E-state index contributed by atoms with van der Waals surface area (Å²) < 4.78 is 0. The molecule has 0 bridgehead atoms. The van der Waals surface area contributed by atoms with Crippen LogP contribution in [0, 0.1) is 50.7 Å². The van der Waals surface area contributed by atoms with Crippen LogP contribution < -0.4 is 0 Å². The normalized spacial score (nSPS) is 53.0. The SMILES string of the molecule is CC(=O)CCC[C@@H](C)[C@H]1CC[C@@]2(C)[C@@H]3CC[C@@H]4C(C)(C)[C@@H](O)CC[C@@]45C[C@@]35CC[C@]12C. The van der Waals surface area contributed by atoms with Crippen LogP contribution in [-0.4, -0.2) is 17.0 Å². The monoisotopic (exact) mass is 428 g/mol. The summed E-state index contributed by atoms with van der Waals surface area (Å²) in [5.41, 5.74) is 2.19. The number of aliphatic hydroxyl groups is 1. The number of ketones is 1. The Bertz CT molecular complexity index is 756. The van der Waals surface area contributed by atoms with E-state index < -0.39 is 0 Å². The average molecular weight is 429 g/mol. The van der Waals surface area contributed by atoms with Gasteiger partial charge in [0, 0.05) is 6.42 Å². The van der Waals surface area contributed by atoms with E-state index in [-0.39, 0.29) is 11.5 Å². The molecule has 0 amide bonds. The van der Waals surface area contributed by atoms with E-state index in [2.05, 4.69) is 34.6 Å². The molecule has 0 radical (unpaired) electrons. The van der Waals surface area contributed by atoms with Gasteiger partial charge < -0.3 is 9.90 Å². The van der Waals surface area contributed by atoms with Gasteiger partial charge in [-0.1, -0.05) is 41.0 Å². The first-order chi connectivity index (χ1) is 14.4. The predicted molar refractivity (Wildman–Crippen MR) is 127 cm³/mol. The van der Waals surface area contributed by atoms with Gasteiger partial charge in [0.05, 0.1) is 6.10 Å². The predicted octanol–water partition coefficient (Wildman–Crippen LogP) is 7.18. The molecule has 0 aliphatic heterocycles. The molecule has 1 N–H and O–H groups in total. The molecule has 9 atom stereocenters. The minimum atomic E-state index is -0.103. The fourth-order valence-electron chi connectivity index (χ4n) is 11.2. The highest BCUT2D eigenvalue weighted by molar-refractivity contribution is 5.75. The van der Waals surface area contributed by atoms with Crippen molar-refractivity contribution in [3.8, 4) is 0 Å². The van der Waals surface area contributed by atoms with Crippen molar-refractivity contribution < 1.29 is 9.90 Å². The molecular formula is C29H48O2. The summed E-state index contributed by atoms with van der Waals surface area (Å²) >= 11 is 0. The summed E-state index contributed by atoms with van der Waals surface area (Å²) in [4.78, 5) is 11.5. The van der Waals surface area contributed by atoms with Gasteiger partial charge in [-0.25, -0.2) is 0 Å². The maximum absolute atomic E-state index is 11.5. The third-order valence-electron chi connectivity index (χ3n) is 13.0. The Morgan fingerprint density at radius 1 is 0.903 bits per heavy atom. The fraction of sp³-hybridized carbons (Fsp3) is 0.966.